The number of hydrogen-bond donors (Lipinski definition) is 0. The Bertz CT molecular complexity index is 1990. The molecular weight excluding hydrogens is 883 g/mol. The Morgan fingerprint density at radius 1 is 0.434 bits per heavy atom. The van der Waals surface area contributed by atoms with Gasteiger partial charge in [0.25, 0.3) is 0 Å². The second-order valence-corrected chi connectivity index (χ2v) is 44.2. The molecule has 0 atom stereocenters. The molecule has 0 heterocycles. The molecule has 0 amide bonds. The van der Waals surface area contributed by atoms with Crippen molar-refractivity contribution in [3.8, 4) is 22.3 Å². The molecule has 0 nitrogen and oxygen atoms in total. The Hall–Kier alpha value is -1.95. The molecule has 6 aromatic carbocycles. The molecule has 0 saturated carbocycles. The van der Waals surface area contributed by atoms with E-state index in [1.165, 1.54) is 49.8 Å². The quantitative estimate of drug-likeness (QED) is 0.100. The fourth-order valence-corrected chi connectivity index (χ4v) is 15.5. The van der Waals surface area contributed by atoms with Gasteiger partial charge in [0.1, 0.15) is 0 Å². The van der Waals surface area contributed by atoms with Gasteiger partial charge in [-0.1, -0.05) is 178 Å². The van der Waals surface area contributed by atoms with Crippen LogP contribution >= 0.6 is 0 Å². The van der Waals surface area contributed by atoms with Gasteiger partial charge in [0.15, 0.2) is 0 Å². The molecule has 0 unspecified atom stereocenters. The predicted octanol–water partition coefficient (Wildman–Crippen LogP) is 11.1. The second-order valence-electron chi connectivity index (χ2n) is 19.4. The molecule has 278 valence electrons. The fourth-order valence-electron chi connectivity index (χ4n) is 7.48. The van der Waals surface area contributed by atoms with E-state index in [-0.39, 0.29) is 40.7 Å². The van der Waals surface area contributed by atoms with Crippen LogP contribution in [0.2, 0.25) is 91.2 Å². The van der Waals surface area contributed by atoms with E-state index in [1.54, 1.807) is 31.1 Å². The van der Waals surface area contributed by atoms with Gasteiger partial charge in [0.05, 0.1) is 40.4 Å². The number of benzene rings is 4. The molecule has 6 heteroatoms. The standard InChI is InChI=1S/C45H60Si5.2CH3.Hf/c1-15-50(14,40-22-32-18-16-20-42(44(32)30-40)34-24-36(46(2,3)4)28-37(25-34)47(5,6)7)41-23-33-19-17-21-43(45(33)31-41)35-26-38(48(8,9)10)29-39(27-35)49(11,12)13;;;/h16-31H,15H2,1-14H3;2*1H3;/q-2;2*-1;+4. The molecular formula is C47H66HfSi5. The summed E-state index contributed by atoms with van der Waals surface area (Å²) in [6.45, 7) is 34.9. The third-order valence-corrected chi connectivity index (χ3v) is 24.1. The van der Waals surface area contributed by atoms with Crippen LogP contribution < -0.4 is 31.1 Å². The summed E-state index contributed by atoms with van der Waals surface area (Å²) in [5.41, 5.74) is 5.62. The molecule has 0 aliphatic carbocycles. The topological polar surface area (TPSA) is 0 Å². The van der Waals surface area contributed by atoms with Crippen LogP contribution in [0.1, 0.15) is 6.92 Å². The van der Waals surface area contributed by atoms with Crippen molar-refractivity contribution < 1.29 is 25.8 Å². The molecule has 0 N–H and O–H groups in total. The maximum absolute atomic E-state index is 2.61. The molecule has 0 bridgehead atoms. The van der Waals surface area contributed by atoms with E-state index in [1.807, 2.05) is 0 Å². The van der Waals surface area contributed by atoms with Gasteiger partial charge in [-0.25, -0.2) is 0 Å². The first kappa shape index (κ1) is 45.4. The van der Waals surface area contributed by atoms with Gasteiger partial charge in [-0.15, -0.1) is 68.3 Å². The zero-order valence-corrected chi connectivity index (χ0v) is 44.5. The number of hydrogen-bond acceptors (Lipinski definition) is 0. The van der Waals surface area contributed by atoms with Crippen molar-refractivity contribution in [2.75, 3.05) is 0 Å². The Labute approximate surface area is 348 Å². The molecule has 0 aromatic heterocycles. The summed E-state index contributed by atoms with van der Waals surface area (Å²) < 4.78 is 0. The Morgan fingerprint density at radius 2 is 0.736 bits per heavy atom. The van der Waals surface area contributed by atoms with E-state index in [4.69, 9.17) is 0 Å². The molecule has 0 aliphatic heterocycles. The van der Waals surface area contributed by atoms with Crippen LogP contribution in [-0.4, -0.2) is 40.4 Å². The summed E-state index contributed by atoms with van der Waals surface area (Å²) in [5.74, 6) is 0. The molecule has 6 aromatic rings. The van der Waals surface area contributed by atoms with Gasteiger partial charge in [-0.3, -0.25) is 0 Å². The zero-order valence-electron chi connectivity index (χ0n) is 35.9. The smallest absolute Gasteiger partial charge is 0.358 e. The van der Waals surface area contributed by atoms with E-state index in [9.17, 15) is 0 Å². The average molecular weight is 950 g/mol. The van der Waals surface area contributed by atoms with Crippen molar-refractivity contribution in [1.29, 1.82) is 0 Å². The number of fused-ring (bicyclic) bond motifs is 2. The second kappa shape index (κ2) is 15.9. The summed E-state index contributed by atoms with van der Waals surface area (Å²) >= 11 is 0. The minimum atomic E-state index is -2.03. The normalized spacial score (nSPS) is 12.7. The largest absolute Gasteiger partial charge is 4.00 e. The van der Waals surface area contributed by atoms with Crippen LogP contribution in [-0.2, 0) is 25.8 Å². The first-order valence-electron chi connectivity index (χ1n) is 18.8. The van der Waals surface area contributed by atoms with Crippen LogP contribution in [0.15, 0.2) is 97.1 Å². The Balaban J connectivity index is 0.00000252. The molecule has 0 fully saturated rings. The van der Waals surface area contributed by atoms with Crippen molar-refractivity contribution >= 4 is 93.0 Å². The molecule has 6 rings (SSSR count). The molecule has 53 heavy (non-hydrogen) atoms. The van der Waals surface area contributed by atoms with E-state index < -0.39 is 40.4 Å². The molecule has 0 radical (unpaired) electrons. The first-order chi connectivity index (χ1) is 23.1. The summed E-state index contributed by atoms with van der Waals surface area (Å²) in [4.78, 5) is 0. The van der Waals surface area contributed by atoms with E-state index in [0.717, 1.165) is 0 Å². The van der Waals surface area contributed by atoms with Crippen LogP contribution in [0.25, 0.3) is 43.8 Å². The third-order valence-electron chi connectivity index (χ3n) is 11.4. The van der Waals surface area contributed by atoms with E-state index in [2.05, 4.69) is 189 Å². The van der Waals surface area contributed by atoms with Gasteiger partial charge < -0.3 is 14.9 Å². The van der Waals surface area contributed by atoms with Crippen LogP contribution in [0, 0.1) is 14.9 Å². The maximum atomic E-state index is 2.61. The summed E-state index contributed by atoms with van der Waals surface area (Å²) in [7, 11) is -7.98. The van der Waals surface area contributed by atoms with Gasteiger partial charge in [-0.05, 0) is 11.1 Å². The van der Waals surface area contributed by atoms with Gasteiger partial charge in [0.2, 0.25) is 0 Å². The minimum absolute atomic E-state index is 0. The van der Waals surface area contributed by atoms with Crippen LogP contribution in [0.4, 0.5) is 0 Å². The Kier molecular flexibility index (Phi) is 13.6. The third kappa shape index (κ3) is 9.04. The maximum Gasteiger partial charge on any atom is 4.00 e. The van der Waals surface area contributed by atoms with E-state index >= 15 is 0 Å². The van der Waals surface area contributed by atoms with Gasteiger partial charge in [-0.2, -0.15) is 12.1 Å². The number of rotatable bonds is 9. The SMILES string of the molecule is CC[Si](C)(c1cc2c(-c3cc([Si](C)(C)C)cc([Si](C)(C)C)c3)cccc2[cH-]1)c1cc2c(-c3cc([Si](C)(C)C)cc([Si](C)(C)C)c3)cccc2[cH-]1.[CH3-].[CH3-].[Hf+4]. The van der Waals surface area contributed by atoms with Crippen molar-refractivity contribution in [1.82, 2.24) is 0 Å². The molecule has 0 spiro atoms. The van der Waals surface area contributed by atoms with Crippen molar-refractivity contribution in [3.63, 3.8) is 0 Å². The summed E-state index contributed by atoms with van der Waals surface area (Å²) in [6.07, 6.45) is 0. The monoisotopic (exact) mass is 950 g/mol. The predicted molar refractivity (Wildman–Crippen MR) is 256 cm³/mol. The van der Waals surface area contributed by atoms with Gasteiger partial charge in [0, 0.05) is 0 Å². The average Bonchev–Trinajstić information content (AvgIpc) is 3.68. The van der Waals surface area contributed by atoms with Crippen LogP contribution in [0.3, 0.4) is 0 Å². The molecule has 0 saturated heterocycles. The van der Waals surface area contributed by atoms with Crippen molar-refractivity contribution in [2.45, 2.75) is 98.1 Å². The van der Waals surface area contributed by atoms with Crippen molar-refractivity contribution in [3.05, 3.63) is 112 Å². The van der Waals surface area contributed by atoms with E-state index in [0.29, 0.717) is 0 Å². The summed E-state index contributed by atoms with van der Waals surface area (Å²) in [6, 6.07) is 40.7. The minimum Gasteiger partial charge on any atom is -0.358 e. The van der Waals surface area contributed by atoms with Crippen molar-refractivity contribution in [2.24, 2.45) is 0 Å². The Morgan fingerprint density at radius 3 is 1.00 bits per heavy atom. The first-order valence-corrected chi connectivity index (χ1v) is 35.5. The van der Waals surface area contributed by atoms with Gasteiger partial charge >= 0.3 is 25.8 Å². The molecule has 0 aliphatic rings. The summed E-state index contributed by atoms with van der Waals surface area (Å²) in [5, 5.41) is 15.1. The van der Waals surface area contributed by atoms with Crippen LogP contribution in [0.5, 0.6) is 0 Å². The zero-order chi connectivity index (χ0) is 36.6. The fraction of sp³-hybridized carbons (Fsp3) is 0.319.